The van der Waals surface area contributed by atoms with Gasteiger partial charge in [0, 0.05) is 35.6 Å². The molecule has 0 aliphatic rings. The van der Waals surface area contributed by atoms with E-state index >= 15 is 0 Å². The molecule has 0 atom stereocenters. The molecule has 0 spiro atoms. The monoisotopic (exact) mass is 589 g/mol. The summed E-state index contributed by atoms with van der Waals surface area (Å²) in [7, 11) is 0. The van der Waals surface area contributed by atoms with Crippen molar-refractivity contribution in [3.8, 4) is 5.75 Å². The lowest BCUT2D eigenvalue weighted by Gasteiger charge is -2.15. The van der Waals surface area contributed by atoms with Gasteiger partial charge in [0.05, 0.1) is 21.3 Å². The lowest BCUT2D eigenvalue weighted by atomic mass is 10.1. The maximum Gasteiger partial charge on any atom is 0.201 e. The van der Waals surface area contributed by atoms with Crippen LogP contribution in [0.1, 0.15) is 17.5 Å². The predicted octanol–water partition coefficient (Wildman–Crippen LogP) is 6.33. The molecule has 2 aromatic carbocycles. The molecule has 33 heavy (non-hydrogen) atoms. The molecular weight excluding hydrogens is 566 g/mol. The van der Waals surface area contributed by atoms with Crippen LogP contribution in [0.3, 0.4) is 0 Å². The number of pyridine rings is 1. The molecule has 5 nitrogen and oxygen atoms in total. The Hall–Kier alpha value is -2.13. The van der Waals surface area contributed by atoms with Crippen LogP contribution in [0.4, 0.5) is 5.82 Å². The SMILES string of the molecule is O=c1cc(NCCCNCc2cc(Br)cc(Br)c2OCCc2ccccc2)[nH]c2ccsc12. The van der Waals surface area contributed by atoms with Gasteiger partial charge in [-0.3, -0.25) is 4.79 Å². The summed E-state index contributed by atoms with van der Waals surface area (Å²) in [5, 5.41) is 8.73. The highest BCUT2D eigenvalue weighted by Gasteiger charge is 2.10. The van der Waals surface area contributed by atoms with E-state index in [1.54, 1.807) is 6.07 Å². The third-order valence-corrected chi connectivity index (χ3v) is 7.14. The van der Waals surface area contributed by atoms with Gasteiger partial charge >= 0.3 is 0 Å². The molecule has 0 fully saturated rings. The van der Waals surface area contributed by atoms with E-state index < -0.39 is 0 Å². The number of benzene rings is 2. The first kappa shape index (κ1) is 24.0. The van der Waals surface area contributed by atoms with E-state index in [9.17, 15) is 4.79 Å². The molecule has 0 saturated carbocycles. The minimum Gasteiger partial charge on any atom is -0.492 e. The van der Waals surface area contributed by atoms with E-state index in [1.807, 2.05) is 35.7 Å². The first-order chi connectivity index (χ1) is 16.1. The normalized spacial score (nSPS) is 11.1. The van der Waals surface area contributed by atoms with E-state index in [0.29, 0.717) is 13.2 Å². The topological polar surface area (TPSA) is 66.2 Å². The van der Waals surface area contributed by atoms with Crippen LogP contribution in [-0.2, 0) is 13.0 Å². The number of aromatic nitrogens is 1. The molecule has 4 rings (SSSR count). The maximum atomic E-state index is 12.1. The minimum atomic E-state index is 0.0550. The summed E-state index contributed by atoms with van der Waals surface area (Å²) in [6.07, 6.45) is 1.78. The van der Waals surface area contributed by atoms with E-state index in [4.69, 9.17) is 4.74 Å². The van der Waals surface area contributed by atoms with E-state index in [1.165, 1.54) is 16.9 Å². The highest BCUT2D eigenvalue weighted by atomic mass is 79.9. The summed E-state index contributed by atoms with van der Waals surface area (Å²) < 4.78 is 8.87. The van der Waals surface area contributed by atoms with Gasteiger partial charge in [-0.2, -0.15) is 0 Å². The van der Waals surface area contributed by atoms with Gasteiger partial charge in [0.15, 0.2) is 0 Å². The zero-order valence-corrected chi connectivity index (χ0v) is 22.0. The number of ether oxygens (including phenoxy) is 1. The molecule has 8 heteroatoms. The Morgan fingerprint density at radius 1 is 1.03 bits per heavy atom. The second kappa shape index (κ2) is 11.8. The Morgan fingerprint density at radius 2 is 1.88 bits per heavy atom. The number of H-pyrrole nitrogens is 1. The van der Waals surface area contributed by atoms with Crippen LogP contribution in [0.25, 0.3) is 10.2 Å². The number of nitrogens with one attached hydrogen (secondary N) is 3. The van der Waals surface area contributed by atoms with Crippen molar-refractivity contribution < 1.29 is 4.74 Å². The van der Waals surface area contributed by atoms with Crippen molar-refractivity contribution in [2.75, 3.05) is 25.0 Å². The molecule has 172 valence electrons. The molecule has 2 heterocycles. The fraction of sp³-hybridized carbons (Fsp3) is 0.240. The Morgan fingerprint density at radius 3 is 2.73 bits per heavy atom. The summed E-state index contributed by atoms with van der Waals surface area (Å²) >= 11 is 8.69. The van der Waals surface area contributed by atoms with Crippen LogP contribution in [0.2, 0.25) is 0 Å². The number of halogens is 2. The number of fused-ring (bicyclic) bond motifs is 1. The lowest BCUT2D eigenvalue weighted by molar-refractivity contribution is 0.315. The second-order valence-corrected chi connectivity index (χ2v) is 10.3. The average Bonchev–Trinajstić information content (AvgIpc) is 3.28. The van der Waals surface area contributed by atoms with Crippen molar-refractivity contribution in [1.29, 1.82) is 0 Å². The van der Waals surface area contributed by atoms with E-state index in [0.717, 1.165) is 62.2 Å². The van der Waals surface area contributed by atoms with Gasteiger partial charge in [-0.05, 0) is 58.0 Å². The Labute approximate surface area is 213 Å². The molecule has 0 amide bonds. The first-order valence-electron chi connectivity index (χ1n) is 10.8. The van der Waals surface area contributed by atoms with Crippen LogP contribution in [0.15, 0.2) is 73.7 Å². The molecule has 4 aromatic rings. The summed E-state index contributed by atoms with van der Waals surface area (Å²) in [6.45, 7) is 2.93. The molecule has 0 saturated heterocycles. The molecule has 0 radical (unpaired) electrons. The molecule has 2 aromatic heterocycles. The Kier molecular flexibility index (Phi) is 8.61. The van der Waals surface area contributed by atoms with Crippen molar-refractivity contribution in [1.82, 2.24) is 10.3 Å². The summed E-state index contributed by atoms with van der Waals surface area (Å²) in [6, 6.07) is 18.0. The summed E-state index contributed by atoms with van der Waals surface area (Å²) in [5.41, 5.74) is 3.30. The van der Waals surface area contributed by atoms with Gasteiger partial charge in [-0.15, -0.1) is 11.3 Å². The van der Waals surface area contributed by atoms with Crippen molar-refractivity contribution in [2.24, 2.45) is 0 Å². The van der Waals surface area contributed by atoms with Crippen molar-refractivity contribution >= 4 is 59.2 Å². The quantitative estimate of drug-likeness (QED) is 0.179. The second-order valence-electron chi connectivity index (χ2n) is 7.63. The van der Waals surface area contributed by atoms with Crippen molar-refractivity contribution in [3.05, 3.63) is 90.3 Å². The fourth-order valence-electron chi connectivity index (χ4n) is 3.55. The molecule has 0 aliphatic carbocycles. The first-order valence-corrected chi connectivity index (χ1v) is 13.3. The van der Waals surface area contributed by atoms with Crippen LogP contribution in [-0.4, -0.2) is 24.7 Å². The van der Waals surface area contributed by atoms with Crippen LogP contribution >= 0.6 is 43.2 Å². The van der Waals surface area contributed by atoms with Gasteiger partial charge < -0.3 is 20.4 Å². The van der Waals surface area contributed by atoms with Crippen LogP contribution in [0, 0.1) is 0 Å². The Bertz CT molecular complexity index is 1260. The number of thiophene rings is 1. The van der Waals surface area contributed by atoms with Gasteiger partial charge in [-0.1, -0.05) is 46.3 Å². The van der Waals surface area contributed by atoms with Crippen molar-refractivity contribution in [3.63, 3.8) is 0 Å². The maximum absolute atomic E-state index is 12.1. The lowest BCUT2D eigenvalue weighted by Crippen LogP contribution is -2.19. The van der Waals surface area contributed by atoms with Crippen molar-refractivity contribution in [2.45, 2.75) is 19.4 Å². The molecular formula is C25H25Br2N3O2S. The number of anilines is 1. The smallest absolute Gasteiger partial charge is 0.201 e. The minimum absolute atomic E-state index is 0.0550. The number of rotatable bonds is 11. The molecule has 0 unspecified atom stereocenters. The zero-order chi connectivity index (χ0) is 23.0. The standard InChI is InChI=1S/C25H25Br2N3O2S/c26-19-13-18(24(20(27)14-19)32-11-7-17-5-2-1-3-6-17)16-28-9-4-10-29-23-15-22(31)25-21(30-23)8-12-33-25/h1-3,5-6,8,12-15,28H,4,7,9-11,16H2,(H2,29,30,31). The predicted molar refractivity (Wildman–Crippen MR) is 145 cm³/mol. The number of aromatic amines is 1. The van der Waals surface area contributed by atoms with Gasteiger partial charge in [0.2, 0.25) is 5.43 Å². The highest BCUT2D eigenvalue weighted by molar-refractivity contribution is 9.11. The highest BCUT2D eigenvalue weighted by Crippen LogP contribution is 2.33. The van der Waals surface area contributed by atoms with E-state index in [-0.39, 0.29) is 5.43 Å². The molecule has 3 N–H and O–H groups in total. The summed E-state index contributed by atoms with van der Waals surface area (Å²) in [4.78, 5) is 15.4. The largest absolute Gasteiger partial charge is 0.492 e. The summed E-state index contributed by atoms with van der Waals surface area (Å²) in [5.74, 6) is 1.64. The molecule has 0 bridgehead atoms. The molecule has 0 aliphatic heterocycles. The third-order valence-electron chi connectivity index (χ3n) is 5.16. The number of hydrogen-bond donors (Lipinski definition) is 3. The number of hydrogen-bond acceptors (Lipinski definition) is 5. The van der Waals surface area contributed by atoms with Crippen LogP contribution < -0.4 is 20.8 Å². The zero-order valence-electron chi connectivity index (χ0n) is 18.0. The van der Waals surface area contributed by atoms with Gasteiger partial charge in [-0.25, -0.2) is 0 Å². The average molecular weight is 591 g/mol. The third kappa shape index (κ3) is 6.69. The van der Waals surface area contributed by atoms with Crippen LogP contribution in [0.5, 0.6) is 5.75 Å². The fourth-order valence-corrected chi connectivity index (χ4v) is 5.74. The Balaban J connectivity index is 1.25. The van der Waals surface area contributed by atoms with Gasteiger partial charge in [0.1, 0.15) is 11.6 Å². The van der Waals surface area contributed by atoms with Gasteiger partial charge in [0.25, 0.3) is 0 Å². The van der Waals surface area contributed by atoms with E-state index in [2.05, 4.69) is 65.7 Å².